The highest BCUT2D eigenvalue weighted by molar-refractivity contribution is 7.11. The van der Waals surface area contributed by atoms with Crippen LogP contribution in [0.2, 0.25) is 0 Å². The van der Waals surface area contributed by atoms with Crippen LogP contribution in [0.3, 0.4) is 0 Å². The maximum atomic E-state index is 5.16. The summed E-state index contributed by atoms with van der Waals surface area (Å²) in [5, 5.41) is 4.81. The molecule has 3 nitrogen and oxygen atoms in total. The lowest BCUT2D eigenvalue weighted by atomic mass is 10.1. The van der Waals surface area contributed by atoms with Gasteiger partial charge in [0.05, 0.1) is 10.7 Å². The van der Waals surface area contributed by atoms with Crippen LogP contribution < -0.4 is 5.32 Å². The van der Waals surface area contributed by atoms with Gasteiger partial charge in [-0.05, 0) is 33.2 Å². The van der Waals surface area contributed by atoms with E-state index in [1.165, 1.54) is 22.0 Å². The van der Waals surface area contributed by atoms with Gasteiger partial charge in [0.25, 0.3) is 0 Å². The van der Waals surface area contributed by atoms with Crippen LogP contribution in [-0.2, 0) is 11.2 Å². The predicted molar refractivity (Wildman–Crippen MR) is 73.9 cm³/mol. The Balaban J connectivity index is 2.51. The van der Waals surface area contributed by atoms with Crippen LogP contribution >= 0.6 is 11.3 Å². The average Bonchev–Trinajstić information content (AvgIpc) is 2.62. The van der Waals surface area contributed by atoms with Crippen LogP contribution in [0.5, 0.6) is 0 Å². The van der Waals surface area contributed by atoms with E-state index in [1.54, 1.807) is 7.11 Å². The Labute approximate surface area is 109 Å². The number of ether oxygens (including phenoxy) is 1. The molecular formula is C13H24N2OS. The van der Waals surface area contributed by atoms with Gasteiger partial charge >= 0.3 is 0 Å². The summed E-state index contributed by atoms with van der Waals surface area (Å²) in [7, 11) is 1.76. The maximum Gasteiger partial charge on any atom is 0.0946 e. The second-order valence-corrected chi connectivity index (χ2v) is 5.67. The predicted octanol–water partition coefficient (Wildman–Crippen LogP) is 2.71. The molecular weight excluding hydrogens is 232 g/mol. The van der Waals surface area contributed by atoms with Gasteiger partial charge in [-0.3, -0.25) is 0 Å². The summed E-state index contributed by atoms with van der Waals surface area (Å²) in [6.45, 7) is 8.29. The third-order valence-corrected chi connectivity index (χ3v) is 3.94. The quantitative estimate of drug-likeness (QED) is 0.776. The van der Waals surface area contributed by atoms with E-state index < -0.39 is 0 Å². The summed E-state index contributed by atoms with van der Waals surface area (Å²) >= 11 is 1.82. The number of nitrogens with zero attached hydrogens (tertiary/aromatic N) is 1. The smallest absolute Gasteiger partial charge is 0.0946 e. The summed E-state index contributed by atoms with van der Waals surface area (Å²) in [6.07, 6.45) is 3.23. The first-order valence-corrected chi connectivity index (χ1v) is 7.14. The molecule has 0 fully saturated rings. The van der Waals surface area contributed by atoms with E-state index in [1.807, 2.05) is 11.3 Å². The van der Waals surface area contributed by atoms with Crippen molar-refractivity contribution in [3.8, 4) is 0 Å². The Kier molecular flexibility index (Phi) is 6.70. The molecule has 1 N–H and O–H groups in total. The Morgan fingerprint density at radius 3 is 2.71 bits per heavy atom. The molecule has 98 valence electrons. The highest BCUT2D eigenvalue weighted by Gasteiger charge is 2.12. The van der Waals surface area contributed by atoms with Crippen LogP contribution in [0.25, 0.3) is 0 Å². The Bertz CT molecular complexity index is 298. The fourth-order valence-electron chi connectivity index (χ4n) is 1.72. The average molecular weight is 256 g/mol. The van der Waals surface area contributed by atoms with E-state index in [9.17, 15) is 0 Å². The van der Waals surface area contributed by atoms with Gasteiger partial charge in [0.15, 0.2) is 0 Å². The second-order valence-electron chi connectivity index (χ2n) is 4.39. The molecule has 0 aromatic carbocycles. The number of hydrogen-bond acceptors (Lipinski definition) is 4. The molecule has 0 bridgehead atoms. The lowest BCUT2D eigenvalue weighted by Gasteiger charge is -2.16. The summed E-state index contributed by atoms with van der Waals surface area (Å²) in [6, 6.07) is 0.486. The zero-order chi connectivity index (χ0) is 12.7. The molecule has 0 aliphatic rings. The van der Waals surface area contributed by atoms with Crippen molar-refractivity contribution in [2.24, 2.45) is 0 Å². The minimum absolute atomic E-state index is 0.486. The van der Waals surface area contributed by atoms with Crippen molar-refractivity contribution >= 4 is 11.3 Å². The van der Waals surface area contributed by atoms with Gasteiger partial charge in [0.2, 0.25) is 0 Å². The lowest BCUT2D eigenvalue weighted by molar-refractivity contribution is 0.182. The first-order chi connectivity index (χ1) is 8.17. The molecule has 1 atom stereocenters. The summed E-state index contributed by atoms with van der Waals surface area (Å²) < 4.78 is 5.16. The topological polar surface area (TPSA) is 34.1 Å². The molecule has 0 aliphatic carbocycles. The Morgan fingerprint density at radius 1 is 1.41 bits per heavy atom. The summed E-state index contributed by atoms with van der Waals surface area (Å²) in [5.74, 6) is 0. The molecule has 0 amide bonds. The number of nitrogens with one attached hydrogen (secondary N) is 1. The minimum atomic E-state index is 0.486. The van der Waals surface area contributed by atoms with Crippen molar-refractivity contribution < 1.29 is 4.74 Å². The summed E-state index contributed by atoms with van der Waals surface area (Å²) in [5.41, 5.74) is 1.17. The Hall–Kier alpha value is -0.450. The van der Waals surface area contributed by atoms with E-state index in [0.717, 1.165) is 26.0 Å². The van der Waals surface area contributed by atoms with E-state index in [4.69, 9.17) is 4.74 Å². The largest absolute Gasteiger partial charge is 0.385 e. The standard InChI is InChI=1S/C13H24N2OS/c1-5-7-14-12(6-8-16-4)9-13-15-10(2)11(3)17-13/h12,14H,5-9H2,1-4H3. The number of hydrogen-bond donors (Lipinski definition) is 1. The molecule has 0 saturated heterocycles. The monoisotopic (exact) mass is 256 g/mol. The van der Waals surface area contributed by atoms with E-state index >= 15 is 0 Å². The molecule has 17 heavy (non-hydrogen) atoms. The number of aromatic nitrogens is 1. The minimum Gasteiger partial charge on any atom is -0.385 e. The van der Waals surface area contributed by atoms with E-state index in [-0.39, 0.29) is 0 Å². The fraction of sp³-hybridized carbons (Fsp3) is 0.769. The van der Waals surface area contributed by atoms with Gasteiger partial charge in [-0.2, -0.15) is 0 Å². The molecule has 0 saturated carbocycles. The first-order valence-electron chi connectivity index (χ1n) is 6.32. The van der Waals surface area contributed by atoms with Crippen LogP contribution in [0, 0.1) is 13.8 Å². The second kappa shape index (κ2) is 7.80. The zero-order valence-corrected chi connectivity index (χ0v) is 12.2. The van der Waals surface area contributed by atoms with Gasteiger partial charge in [-0.1, -0.05) is 6.92 Å². The highest BCUT2D eigenvalue weighted by atomic mass is 32.1. The number of thiazole rings is 1. The number of rotatable bonds is 8. The molecule has 1 heterocycles. The van der Waals surface area contributed by atoms with Gasteiger partial charge in [-0.25, -0.2) is 4.98 Å². The van der Waals surface area contributed by atoms with Crippen molar-refractivity contribution in [2.75, 3.05) is 20.3 Å². The van der Waals surface area contributed by atoms with Gasteiger partial charge in [0, 0.05) is 31.1 Å². The molecule has 0 aliphatic heterocycles. The zero-order valence-electron chi connectivity index (χ0n) is 11.4. The third kappa shape index (κ3) is 5.15. The molecule has 1 aromatic heterocycles. The van der Waals surface area contributed by atoms with Crippen LogP contribution in [0.1, 0.15) is 35.3 Å². The van der Waals surface area contributed by atoms with Crippen molar-refractivity contribution in [1.29, 1.82) is 0 Å². The molecule has 1 unspecified atom stereocenters. The van der Waals surface area contributed by atoms with Crippen molar-refractivity contribution in [3.63, 3.8) is 0 Å². The van der Waals surface area contributed by atoms with Crippen LogP contribution in [-0.4, -0.2) is 31.3 Å². The van der Waals surface area contributed by atoms with Gasteiger partial charge in [-0.15, -0.1) is 11.3 Å². The molecule has 0 spiro atoms. The lowest BCUT2D eigenvalue weighted by Crippen LogP contribution is -2.32. The normalized spacial score (nSPS) is 12.9. The third-order valence-electron chi connectivity index (χ3n) is 2.85. The van der Waals surface area contributed by atoms with Gasteiger partial charge in [0.1, 0.15) is 0 Å². The maximum absolute atomic E-state index is 5.16. The van der Waals surface area contributed by atoms with E-state index in [0.29, 0.717) is 6.04 Å². The highest BCUT2D eigenvalue weighted by Crippen LogP contribution is 2.18. The molecule has 1 rings (SSSR count). The summed E-state index contributed by atoms with van der Waals surface area (Å²) in [4.78, 5) is 5.94. The van der Waals surface area contributed by atoms with Crippen LogP contribution in [0.4, 0.5) is 0 Å². The Morgan fingerprint density at radius 2 is 2.18 bits per heavy atom. The van der Waals surface area contributed by atoms with Crippen molar-refractivity contribution in [3.05, 3.63) is 15.6 Å². The van der Waals surface area contributed by atoms with Gasteiger partial charge < -0.3 is 10.1 Å². The molecule has 4 heteroatoms. The first kappa shape index (κ1) is 14.6. The van der Waals surface area contributed by atoms with Crippen molar-refractivity contribution in [1.82, 2.24) is 10.3 Å². The van der Waals surface area contributed by atoms with E-state index in [2.05, 4.69) is 31.1 Å². The molecule has 1 aromatic rings. The SMILES string of the molecule is CCCNC(CCOC)Cc1nc(C)c(C)s1. The fourth-order valence-corrected chi connectivity index (χ4v) is 2.74. The number of aryl methyl sites for hydroxylation is 2. The van der Waals surface area contributed by atoms with Crippen LogP contribution in [0.15, 0.2) is 0 Å². The molecule has 0 radical (unpaired) electrons. The van der Waals surface area contributed by atoms with Crippen molar-refractivity contribution in [2.45, 2.75) is 46.1 Å². The number of methoxy groups -OCH3 is 1.